The van der Waals surface area contributed by atoms with Gasteiger partial charge < -0.3 is 19.3 Å². The molecule has 0 unspecified atom stereocenters. The molecule has 2 amide bonds. The van der Waals surface area contributed by atoms with Crippen molar-refractivity contribution in [2.75, 3.05) is 39.4 Å². The van der Waals surface area contributed by atoms with E-state index in [4.69, 9.17) is 21.1 Å². The molecule has 176 valence electrons. The summed E-state index contributed by atoms with van der Waals surface area (Å²) in [4.78, 5) is 33.4. The minimum absolute atomic E-state index is 0.136. The highest BCUT2D eigenvalue weighted by atomic mass is 35.5. The zero-order valence-electron chi connectivity index (χ0n) is 18.3. The van der Waals surface area contributed by atoms with Gasteiger partial charge in [-0.15, -0.1) is 0 Å². The summed E-state index contributed by atoms with van der Waals surface area (Å²) in [6, 6.07) is 7.54. The fraction of sp³-hybridized carbons (Fsp3) is 0.458. The summed E-state index contributed by atoms with van der Waals surface area (Å²) in [7, 11) is 0. The average molecular weight is 476 g/mol. The van der Waals surface area contributed by atoms with Crippen molar-refractivity contribution in [2.24, 2.45) is 5.92 Å². The van der Waals surface area contributed by atoms with E-state index in [1.54, 1.807) is 17.3 Å². The van der Waals surface area contributed by atoms with Crippen molar-refractivity contribution in [1.82, 2.24) is 14.8 Å². The summed E-state index contributed by atoms with van der Waals surface area (Å²) < 4.78 is 25.9. The van der Waals surface area contributed by atoms with Crippen molar-refractivity contribution < 1.29 is 23.5 Å². The standard InChI is InChI=1S/C24H27ClFN3O4/c25-19-1-2-22(26)21(11-19)24(31)29-14-20(33-16-18-3-7-27-8-4-18)13-28(23(30)15-29)12-17-5-9-32-10-6-17/h1-4,7-8,11,17,20H,5-6,9-10,12-16H2/t20-/m0/s1. The number of amides is 2. The van der Waals surface area contributed by atoms with Gasteiger partial charge in [-0.05, 0) is 54.7 Å². The predicted octanol–water partition coefficient (Wildman–Crippen LogP) is 3.17. The van der Waals surface area contributed by atoms with E-state index in [1.807, 2.05) is 12.1 Å². The molecule has 0 aliphatic carbocycles. The molecule has 0 N–H and O–H groups in total. The molecule has 33 heavy (non-hydrogen) atoms. The second-order valence-corrected chi connectivity index (χ2v) is 8.89. The Kier molecular flexibility index (Phi) is 7.90. The normalized spacial score (nSPS) is 20.1. The van der Waals surface area contributed by atoms with E-state index in [1.165, 1.54) is 17.0 Å². The van der Waals surface area contributed by atoms with Gasteiger partial charge in [0.2, 0.25) is 5.91 Å². The van der Waals surface area contributed by atoms with Crippen LogP contribution in [-0.4, -0.2) is 72.1 Å². The monoisotopic (exact) mass is 475 g/mol. The quantitative estimate of drug-likeness (QED) is 0.641. The van der Waals surface area contributed by atoms with E-state index in [0.717, 1.165) is 24.5 Å². The average Bonchev–Trinajstić information content (AvgIpc) is 2.99. The Hall–Kier alpha value is -2.55. The third-order valence-electron chi connectivity index (χ3n) is 6.03. The zero-order valence-corrected chi connectivity index (χ0v) is 19.0. The maximum atomic E-state index is 14.4. The first-order valence-corrected chi connectivity index (χ1v) is 11.5. The summed E-state index contributed by atoms with van der Waals surface area (Å²) in [6.07, 6.45) is 4.73. The lowest BCUT2D eigenvalue weighted by Crippen LogP contribution is -2.42. The molecule has 2 aliphatic rings. The minimum atomic E-state index is -0.672. The van der Waals surface area contributed by atoms with Gasteiger partial charge in [-0.2, -0.15) is 0 Å². The van der Waals surface area contributed by atoms with Gasteiger partial charge in [-0.3, -0.25) is 14.6 Å². The molecule has 2 aliphatic heterocycles. The number of pyridine rings is 1. The fourth-order valence-electron chi connectivity index (χ4n) is 4.18. The molecular weight excluding hydrogens is 449 g/mol. The van der Waals surface area contributed by atoms with Crippen molar-refractivity contribution >= 4 is 23.4 Å². The minimum Gasteiger partial charge on any atom is -0.381 e. The molecule has 4 rings (SSSR count). The van der Waals surface area contributed by atoms with Gasteiger partial charge in [0, 0.05) is 50.3 Å². The molecule has 0 bridgehead atoms. The molecule has 2 fully saturated rings. The summed E-state index contributed by atoms with van der Waals surface area (Å²) in [5.74, 6) is -1.08. The molecule has 1 aromatic carbocycles. The van der Waals surface area contributed by atoms with Crippen LogP contribution in [0.4, 0.5) is 4.39 Å². The fourth-order valence-corrected chi connectivity index (χ4v) is 4.35. The van der Waals surface area contributed by atoms with Crippen molar-refractivity contribution in [1.29, 1.82) is 0 Å². The maximum absolute atomic E-state index is 14.4. The van der Waals surface area contributed by atoms with Crippen molar-refractivity contribution in [3.05, 3.63) is 64.7 Å². The van der Waals surface area contributed by atoms with Gasteiger partial charge in [-0.1, -0.05) is 11.6 Å². The van der Waals surface area contributed by atoms with E-state index < -0.39 is 17.8 Å². The third-order valence-corrected chi connectivity index (χ3v) is 6.26. The van der Waals surface area contributed by atoms with Gasteiger partial charge in [0.25, 0.3) is 5.91 Å². The van der Waals surface area contributed by atoms with E-state index in [0.29, 0.717) is 38.8 Å². The van der Waals surface area contributed by atoms with Gasteiger partial charge in [0.05, 0.1) is 18.3 Å². The first-order chi connectivity index (χ1) is 16.0. The molecule has 0 saturated carbocycles. The Balaban J connectivity index is 1.52. The first kappa shape index (κ1) is 23.6. The topological polar surface area (TPSA) is 72.0 Å². The van der Waals surface area contributed by atoms with Crippen LogP contribution in [0.15, 0.2) is 42.7 Å². The molecule has 9 heteroatoms. The van der Waals surface area contributed by atoms with Crippen molar-refractivity contribution in [2.45, 2.75) is 25.6 Å². The molecule has 0 spiro atoms. The van der Waals surface area contributed by atoms with Gasteiger partial charge >= 0.3 is 0 Å². The number of halogens is 2. The lowest BCUT2D eigenvalue weighted by atomic mass is 9.99. The van der Waals surface area contributed by atoms with Crippen LogP contribution in [0.1, 0.15) is 28.8 Å². The number of aromatic nitrogens is 1. The van der Waals surface area contributed by atoms with Gasteiger partial charge in [-0.25, -0.2) is 4.39 Å². The summed E-state index contributed by atoms with van der Waals surface area (Å²) >= 11 is 5.99. The highest BCUT2D eigenvalue weighted by molar-refractivity contribution is 6.31. The van der Waals surface area contributed by atoms with Crippen LogP contribution in [-0.2, 0) is 20.9 Å². The van der Waals surface area contributed by atoms with Crippen LogP contribution in [0, 0.1) is 11.7 Å². The second-order valence-electron chi connectivity index (χ2n) is 8.45. The summed E-state index contributed by atoms with van der Waals surface area (Å²) in [5.41, 5.74) is 0.788. The molecule has 1 atom stereocenters. The number of nitrogens with zero attached hydrogens (tertiary/aromatic N) is 3. The van der Waals surface area contributed by atoms with Crippen LogP contribution >= 0.6 is 11.6 Å². The third kappa shape index (κ3) is 6.28. The van der Waals surface area contributed by atoms with Crippen LogP contribution in [0.25, 0.3) is 0 Å². The second kappa shape index (κ2) is 11.0. The molecule has 2 aromatic rings. The Labute approximate surface area is 197 Å². The predicted molar refractivity (Wildman–Crippen MR) is 120 cm³/mol. The number of carbonyl (C=O) groups is 2. The Morgan fingerprint density at radius 3 is 2.70 bits per heavy atom. The van der Waals surface area contributed by atoms with E-state index in [2.05, 4.69) is 4.98 Å². The number of hydrogen-bond donors (Lipinski definition) is 0. The Bertz CT molecular complexity index is 971. The Morgan fingerprint density at radius 2 is 1.94 bits per heavy atom. The van der Waals surface area contributed by atoms with Crippen molar-refractivity contribution in [3.63, 3.8) is 0 Å². The number of benzene rings is 1. The van der Waals surface area contributed by atoms with Crippen LogP contribution in [0.2, 0.25) is 5.02 Å². The number of carbonyl (C=O) groups excluding carboxylic acids is 2. The molecule has 3 heterocycles. The van der Waals surface area contributed by atoms with Crippen LogP contribution in [0.3, 0.4) is 0 Å². The summed E-state index contributed by atoms with van der Waals surface area (Å²) in [6.45, 7) is 2.68. The number of hydrogen-bond acceptors (Lipinski definition) is 5. The van der Waals surface area contributed by atoms with Gasteiger partial charge in [0.1, 0.15) is 12.4 Å². The van der Waals surface area contributed by atoms with E-state index >= 15 is 0 Å². The highest BCUT2D eigenvalue weighted by Gasteiger charge is 2.33. The van der Waals surface area contributed by atoms with Crippen LogP contribution < -0.4 is 0 Å². The van der Waals surface area contributed by atoms with Gasteiger partial charge in [0.15, 0.2) is 0 Å². The van der Waals surface area contributed by atoms with E-state index in [9.17, 15) is 14.0 Å². The largest absolute Gasteiger partial charge is 0.381 e. The Morgan fingerprint density at radius 1 is 1.18 bits per heavy atom. The van der Waals surface area contributed by atoms with Crippen molar-refractivity contribution in [3.8, 4) is 0 Å². The first-order valence-electron chi connectivity index (χ1n) is 11.1. The molecule has 1 aromatic heterocycles. The number of ether oxygens (including phenoxy) is 2. The zero-order chi connectivity index (χ0) is 23.2. The lowest BCUT2D eigenvalue weighted by molar-refractivity contribution is -0.132. The molecule has 2 saturated heterocycles. The SMILES string of the molecule is O=C1CN(C(=O)c2cc(Cl)ccc2F)C[C@@H](OCc2ccncc2)CN1CC1CCOCC1. The van der Waals surface area contributed by atoms with Crippen LogP contribution in [0.5, 0.6) is 0 Å². The van der Waals surface area contributed by atoms with E-state index in [-0.39, 0.29) is 29.6 Å². The smallest absolute Gasteiger partial charge is 0.257 e. The summed E-state index contributed by atoms with van der Waals surface area (Å²) in [5, 5.41) is 0.257. The maximum Gasteiger partial charge on any atom is 0.257 e. The molecule has 7 nitrogen and oxygen atoms in total. The molecular formula is C24H27ClFN3O4. The molecule has 0 radical (unpaired) electrons. The highest BCUT2D eigenvalue weighted by Crippen LogP contribution is 2.21. The lowest BCUT2D eigenvalue weighted by Gasteiger charge is -2.30. The number of rotatable bonds is 6.